The largest absolute Gasteiger partial charge is 0.353 e. The van der Waals surface area contributed by atoms with Crippen LogP contribution in [0.15, 0.2) is 43.1 Å². The molecule has 1 fully saturated rings. The lowest BCUT2D eigenvalue weighted by molar-refractivity contribution is 0.616. The Morgan fingerprint density at radius 2 is 1.68 bits per heavy atom. The van der Waals surface area contributed by atoms with Crippen molar-refractivity contribution in [1.82, 2.24) is 24.9 Å². The Hall–Kier alpha value is -3.09. The molecule has 1 aliphatic carbocycles. The molecule has 0 bridgehead atoms. The minimum absolute atomic E-state index is 0.783. The molecule has 2 aliphatic rings. The number of hydrogen-bond acceptors (Lipinski definition) is 7. The highest BCUT2D eigenvalue weighted by Crippen LogP contribution is 2.28. The molecule has 5 rings (SSSR count). The SMILES string of the molecule is c1cncc(-c2ccnc(N3CCN(c4ncnc5c4CCCC5)CC3)n2)c1. The standard InChI is InChI=1S/C21H23N7/c1-2-6-19-17(5-1)20(25-15-24-19)27-10-12-28(13-11-27)21-23-9-7-18(26-21)16-4-3-8-22-14-16/h3-4,7-9,14-15H,1-2,5-6,10-13H2. The van der Waals surface area contributed by atoms with E-state index in [9.17, 15) is 0 Å². The molecule has 1 saturated heterocycles. The molecule has 0 aromatic carbocycles. The summed E-state index contributed by atoms with van der Waals surface area (Å²) >= 11 is 0. The lowest BCUT2D eigenvalue weighted by atomic mass is 9.96. The van der Waals surface area contributed by atoms with Crippen LogP contribution in [0.5, 0.6) is 0 Å². The molecule has 0 unspecified atom stereocenters. The molecule has 3 aromatic rings. The first-order valence-electron chi connectivity index (χ1n) is 9.94. The molecule has 0 radical (unpaired) electrons. The Balaban J connectivity index is 1.32. The van der Waals surface area contributed by atoms with E-state index in [0.717, 1.165) is 62.0 Å². The number of piperazine rings is 1. The topological polar surface area (TPSA) is 70.9 Å². The maximum Gasteiger partial charge on any atom is 0.225 e. The maximum atomic E-state index is 4.77. The van der Waals surface area contributed by atoms with Gasteiger partial charge in [0.15, 0.2) is 0 Å². The normalized spacial score (nSPS) is 16.7. The van der Waals surface area contributed by atoms with Crippen molar-refractivity contribution in [1.29, 1.82) is 0 Å². The molecule has 4 heterocycles. The van der Waals surface area contributed by atoms with E-state index in [-0.39, 0.29) is 0 Å². The second-order valence-corrected chi connectivity index (χ2v) is 7.29. The van der Waals surface area contributed by atoms with Gasteiger partial charge in [-0.15, -0.1) is 0 Å². The van der Waals surface area contributed by atoms with Gasteiger partial charge in [-0.2, -0.15) is 0 Å². The van der Waals surface area contributed by atoms with Crippen molar-refractivity contribution in [3.63, 3.8) is 0 Å². The fourth-order valence-corrected chi connectivity index (χ4v) is 4.07. The minimum atomic E-state index is 0.783. The van der Waals surface area contributed by atoms with Gasteiger partial charge in [-0.1, -0.05) is 0 Å². The second kappa shape index (κ2) is 7.50. The average Bonchev–Trinajstić information content (AvgIpc) is 2.79. The average molecular weight is 373 g/mol. The summed E-state index contributed by atoms with van der Waals surface area (Å²) in [7, 11) is 0. The number of anilines is 2. The van der Waals surface area contributed by atoms with Crippen LogP contribution in [0.3, 0.4) is 0 Å². The molecule has 0 amide bonds. The molecule has 28 heavy (non-hydrogen) atoms. The van der Waals surface area contributed by atoms with Crippen LogP contribution in [0.2, 0.25) is 0 Å². The zero-order chi connectivity index (χ0) is 18.8. The molecule has 142 valence electrons. The Morgan fingerprint density at radius 3 is 2.54 bits per heavy atom. The first kappa shape index (κ1) is 17.0. The lowest BCUT2D eigenvalue weighted by Crippen LogP contribution is -2.47. The Kier molecular flexibility index (Phi) is 4.56. The van der Waals surface area contributed by atoms with E-state index in [2.05, 4.69) is 29.7 Å². The van der Waals surface area contributed by atoms with Crippen LogP contribution in [0.25, 0.3) is 11.3 Å². The molecule has 7 nitrogen and oxygen atoms in total. The van der Waals surface area contributed by atoms with Crippen molar-refractivity contribution in [2.75, 3.05) is 36.0 Å². The van der Waals surface area contributed by atoms with Crippen molar-refractivity contribution in [3.8, 4) is 11.3 Å². The van der Waals surface area contributed by atoms with E-state index < -0.39 is 0 Å². The van der Waals surface area contributed by atoms with Crippen molar-refractivity contribution in [2.24, 2.45) is 0 Å². The third-order valence-electron chi connectivity index (χ3n) is 5.56. The van der Waals surface area contributed by atoms with Crippen LogP contribution in [0, 0.1) is 0 Å². The van der Waals surface area contributed by atoms with E-state index in [1.54, 1.807) is 12.5 Å². The fraction of sp³-hybridized carbons (Fsp3) is 0.381. The van der Waals surface area contributed by atoms with Gasteiger partial charge < -0.3 is 9.80 Å². The molecule has 0 atom stereocenters. The molecular weight excluding hydrogens is 350 g/mol. The predicted molar refractivity (Wildman–Crippen MR) is 108 cm³/mol. The summed E-state index contributed by atoms with van der Waals surface area (Å²) in [5.74, 6) is 1.92. The zero-order valence-electron chi connectivity index (χ0n) is 15.8. The Labute approximate surface area is 164 Å². The molecule has 7 heteroatoms. The van der Waals surface area contributed by atoms with Crippen molar-refractivity contribution >= 4 is 11.8 Å². The van der Waals surface area contributed by atoms with Gasteiger partial charge >= 0.3 is 0 Å². The van der Waals surface area contributed by atoms with Crippen LogP contribution in [-0.2, 0) is 12.8 Å². The maximum absolute atomic E-state index is 4.77. The lowest BCUT2D eigenvalue weighted by Gasteiger charge is -2.36. The summed E-state index contributed by atoms with van der Waals surface area (Å²) in [5.41, 5.74) is 4.52. The van der Waals surface area contributed by atoms with Gasteiger partial charge in [0.25, 0.3) is 0 Å². The van der Waals surface area contributed by atoms with Crippen molar-refractivity contribution in [2.45, 2.75) is 25.7 Å². The number of aryl methyl sites for hydroxylation is 1. The number of pyridine rings is 1. The summed E-state index contributed by atoms with van der Waals surface area (Å²) in [5, 5.41) is 0. The van der Waals surface area contributed by atoms with Gasteiger partial charge in [-0.05, 0) is 43.9 Å². The van der Waals surface area contributed by atoms with Gasteiger partial charge in [0.2, 0.25) is 5.95 Å². The number of fused-ring (bicyclic) bond motifs is 1. The molecule has 0 N–H and O–H groups in total. The van der Waals surface area contributed by atoms with E-state index in [4.69, 9.17) is 4.98 Å². The Bertz CT molecular complexity index is 952. The van der Waals surface area contributed by atoms with Gasteiger partial charge in [0, 0.05) is 61.6 Å². The third kappa shape index (κ3) is 3.28. The monoisotopic (exact) mass is 373 g/mol. The van der Waals surface area contributed by atoms with Crippen LogP contribution >= 0.6 is 0 Å². The Morgan fingerprint density at radius 1 is 0.821 bits per heavy atom. The molecule has 1 aliphatic heterocycles. The van der Waals surface area contributed by atoms with Crippen LogP contribution in [-0.4, -0.2) is 51.1 Å². The zero-order valence-corrected chi connectivity index (χ0v) is 15.8. The summed E-state index contributed by atoms with van der Waals surface area (Å²) in [4.78, 5) is 27.2. The quantitative estimate of drug-likeness (QED) is 0.699. The van der Waals surface area contributed by atoms with Gasteiger partial charge in [0.1, 0.15) is 12.1 Å². The minimum Gasteiger partial charge on any atom is -0.353 e. The molecular formula is C21H23N7. The number of aromatic nitrogens is 5. The molecule has 3 aromatic heterocycles. The van der Waals surface area contributed by atoms with E-state index >= 15 is 0 Å². The smallest absolute Gasteiger partial charge is 0.225 e. The second-order valence-electron chi connectivity index (χ2n) is 7.29. The van der Waals surface area contributed by atoms with Crippen LogP contribution in [0.4, 0.5) is 11.8 Å². The number of rotatable bonds is 3. The van der Waals surface area contributed by atoms with E-state index in [0.29, 0.717) is 0 Å². The fourth-order valence-electron chi connectivity index (χ4n) is 4.07. The summed E-state index contributed by atoms with van der Waals surface area (Å²) in [6, 6.07) is 5.89. The predicted octanol–water partition coefficient (Wildman–Crippen LogP) is 2.53. The molecule has 0 saturated carbocycles. The van der Waals surface area contributed by atoms with E-state index in [1.807, 2.05) is 30.6 Å². The summed E-state index contributed by atoms with van der Waals surface area (Å²) in [6.45, 7) is 3.61. The summed E-state index contributed by atoms with van der Waals surface area (Å²) in [6.07, 6.45) is 11.8. The van der Waals surface area contributed by atoms with Gasteiger partial charge in [0.05, 0.1) is 5.69 Å². The van der Waals surface area contributed by atoms with Crippen molar-refractivity contribution < 1.29 is 0 Å². The van der Waals surface area contributed by atoms with E-state index in [1.165, 1.54) is 24.1 Å². The summed E-state index contributed by atoms with van der Waals surface area (Å²) < 4.78 is 0. The third-order valence-corrected chi connectivity index (χ3v) is 5.56. The highest BCUT2D eigenvalue weighted by molar-refractivity contribution is 5.59. The molecule has 0 spiro atoms. The number of nitrogens with zero attached hydrogens (tertiary/aromatic N) is 7. The number of hydrogen-bond donors (Lipinski definition) is 0. The van der Waals surface area contributed by atoms with Gasteiger partial charge in [-0.25, -0.2) is 19.9 Å². The van der Waals surface area contributed by atoms with Crippen molar-refractivity contribution in [3.05, 3.63) is 54.4 Å². The van der Waals surface area contributed by atoms with Crippen LogP contribution in [0.1, 0.15) is 24.1 Å². The van der Waals surface area contributed by atoms with Gasteiger partial charge in [-0.3, -0.25) is 4.98 Å². The first-order chi connectivity index (χ1) is 13.9. The highest BCUT2D eigenvalue weighted by Gasteiger charge is 2.24. The highest BCUT2D eigenvalue weighted by atomic mass is 15.3. The first-order valence-corrected chi connectivity index (χ1v) is 9.94. The van der Waals surface area contributed by atoms with Crippen LogP contribution < -0.4 is 9.80 Å².